The van der Waals surface area contributed by atoms with Gasteiger partial charge in [0.1, 0.15) is 6.29 Å². The number of halogens is 2. The van der Waals surface area contributed by atoms with E-state index in [2.05, 4.69) is 34.5 Å². The Morgan fingerprint density at radius 3 is 2.37 bits per heavy atom. The fourth-order valence-corrected chi connectivity index (χ4v) is 2.41. The highest BCUT2D eigenvalue weighted by atomic mass is 35.5. The van der Waals surface area contributed by atoms with Crippen LogP contribution >= 0.6 is 24.8 Å². The third kappa shape index (κ3) is 5.91. The molecule has 0 saturated carbocycles. The highest BCUT2D eigenvalue weighted by Gasteiger charge is 2.20. The van der Waals surface area contributed by atoms with Gasteiger partial charge in [-0.2, -0.15) is 0 Å². The maximum Gasteiger partial charge on any atom is 0.121 e. The summed E-state index contributed by atoms with van der Waals surface area (Å²) in [5.74, 6) is 0. The van der Waals surface area contributed by atoms with Gasteiger partial charge >= 0.3 is 0 Å². The van der Waals surface area contributed by atoms with Crippen LogP contribution in [-0.4, -0.2) is 43.4 Å². The molecule has 0 amide bonds. The normalized spacial score (nSPS) is 16.8. The molecule has 1 N–H and O–H groups in total. The van der Waals surface area contributed by atoms with Crippen LogP contribution in [0.25, 0.3) is 0 Å². The summed E-state index contributed by atoms with van der Waals surface area (Å²) in [6, 6.07) is 10.8. The summed E-state index contributed by atoms with van der Waals surface area (Å²) < 4.78 is 0. The van der Waals surface area contributed by atoms with Crippen molar-refractivity contribution < 1.29 is 4.79 Å². The zero-order valence-electron chi connectivity index (χ0n) is 11.0. The molecule has 0 aromatic heterocycles. The van der Waals surface area contributed by atoms with Crippen LogP contribution < -0.4 is 5.32 Å². The predicted molar refractivity (Wildman–Crippen MR) is 83.6 cm³/mol. The predicted octanol–water partition coefficient (Wildman–Crippen LogP) is 1.94. The van der Waals surface area contributed by atoms with Crippen LogP contribution in [0.15, 0.2) is 30.3 Å². The Labute approximate surface area is 127 Å². The lowest BCUT2D eigenvalue weighted by Crippen LogP contribution is -2.49. The van der Waals surface area contributed by atoms with Crippen LogP contribution in [0.4, 0.5) is 0 Å². The first-order valence-electron chi connectivity index (χ1n) is 6.32. The Morgan fingerprint density at radius 1 is 1.16 bits per heavy atom. The number of rotatable bonds is 5. The zero-order valence-corrected chi connectivity index (χ0v) is 12.6. The summed E-state index contributed by atoms with van der Waals surface area (Å²) in [6.45, 7) is 4.16. The average molecular weight is 305 g/mol. The fraction of sp³-hybridized carbons (Fsp3) is 0.500. The van der Waals surface area contributed by atoms with E-state index in [0.29, 0.717) is 12.5 Å². The van der Waals surface area contributed by atoms with Gasteiger partial charge in [-0.15, -0.1) is 24.8 Å². The first-order valence-corrected chi connectivity index (χ1v) is 6.32. The first-order chi connectivity index (χ1) is 8.40. The molecule has 1 aromatic rings. The smallest absolute Gasteiger partial charge is 0.121 e. The van der Waals surface area contributed by atoms with E-state index in [0.717, 1.165) is 38.9 Å². The summed E-state index contributed by atoms with van der Waals surface area (Å²) in [4.78, 5) is 13.2. The average Bonchev–Trinajstić information content (AvgIpc) is 2.40. The van der Waals surface area contributed by atoms with Gasteiger partial charge in [-0.05, 0) is 12.0 Å². The van der Waals surface area contributed by atoms with Crippen molar-refractivity contribution in [3.05, 3.63) is 35.9 Å². The monoisotopic (exact) mass is 304 g/mol. The molecule has 0 bridgehead atoms. The molecule has 1 unspecified atom stereocenters. The minimum absolute atomic E-state index is 0. The van der Waals surface area contributed by atoms with Crippen molar-refractivity contribution in [2.75, 3.05) is 26.2 Å². The largest absolute Gasteiger partial charge is 0.314 e. The van der Waals surface area contributed by atoms with E-state index < -0.39 is 0 Å². The maximum absolute atomic E-state index is 10.8. The topological polar surface area (TPSA) is 32.3 Å². The lowest BCUT2D eigenvalue weighted by Gasteiger charge is -2.34. The lowest BCUT2D eigenvalue weighted by molar-refractivity contribution is -0.109. The minimum atomic E-state index is 0. The van der Waals surface area contributed by atoms with Crippen molar-refractivity contribution in [3.63, 3.8) is 0 Å². The molecule has 1 heterocycles. The number of piperazine rings is 1. The second-order valence-corrected chi connectivity index (χ2v) is 4.53. The maximum atomic E-state index is 10.8. The minimum Gasteiger partial charge on any atom is -0.314 e. The number of nitrogens with one attached hydrogen (secondary N) is 1. The van der Waals surface area contributed by atoms with Crippen LogP contribution in [-0.2, 0) is 11.2 Å². The molecule has 3 nitrogen and oxygen atoms in total. The van der Waals surface area contributed by atoms with E-state index >= 15 is 0 Å². The van der Waals surface area contributed by atoms with E-state index in [-0.39, 0.29) is 24.8 Å². The van der Waals surface area contributed by atoms with Crippen LogP contribution in [0, 0.1) is 0 Å². The van der Waals surface area contributed by atoms with Crippen LogP contribution in [0.5, 0.6) is 0 Å². The highest BCUT2D eigenvalue weighted by Crippen LogP contribution is 2.12. The molecule has 1 fully saturated rings. The summed E-state index contributed by atoms with van der Waals surface area (Å²) in [5, 5.41) is 3.35. The van der Waals surface area contributed by atoms with Gasteiger partial charge in [0.15, 0.2) is 0 Å². The number of nitrogens with zero attached hydrogens (tertiary/aromatic N) is 1. The van der Waals surface area contributed by atoms with Crippen LogP contribution in [0.1, 0.15) is 12.0 Å². The molecule has 1 aliphatic heterocycles. The Bertz CT molecular complexity index is 343. The van der Waals surface area contributed by atoms with E-state index in [9.17, 15) is 4.79 Å². The molecular weight excluding hydrogens is 283 g/mol. The van der Waals surface area contributed by atoms with Gasteiger partial charge in [0.05, 0.1) is 0 Å². The molecule has 1 saturated heterocycles. The van der Waals surface area contributed by atoms with Crippen molar-refractivity contribution in [3.8, 4) is 0 Å². The molecule has 1 aromatic carbocycles. The van der Waals surface area contributed by atoms with E-state index in [1.165, 1.54) is 5.56 Å². The zero-order chi connectivity index (χ0) is 11.9. The molecule has 1 aliphatic rings. The second-order valence-electron chi connectivity index (χ2n) is 4.53. The Kier molecular flexibility index (Phi) is 9.88. The summed E-state index contributed by atoms with van der Waals surface area (Å²) >= 11 is 0. The van der Waals surface area contributed by atoms with Crippen molar-refractivity contribution >= 4 is 31.1 Å². The molecule has 19 heavy (non-hydrogen) atoms. The summed E-state index contributed by atoms with van der Waals surface area (Å²) in [7, 11) is 0. The molecule has 0 radical (unpaired) electrons. The lowest BCUT2D eigenvalue weighted by atomic mass is 10.0. The summed E-state index contributed by atoms with van der Waals surface area (Å²) in [5.41, 5.74) is 1.32. The number of carbonyl (C=O) groups excluding carboxylic acids is 1. The number of hydrogen-bond donors (Lipinski definition) is 1. The molecule has 2 rings (SSSR count). The standard InChI is InChI=1S/C14H20N2O.2ClH/c17-11-6-14(16-9-7-15-8-10-16)12-13-4-2-1-3-5-13;;/h1-5,11,14-15H,6-10,12H2;2*1H. The molecular formula is C14H22Cl2N2O. The first kappa shape index (κ1) is 18.4. The fourth-order valence-electron chi connectivity index (χ4n) is 2.41. The highest BCUT2D eigenvalue weighted by molar-refractivity contribution is 5.85. The number of aldehydes is 1. The van der Waals surface area contributed by atoms with Gasteiger partial charge in [0.2, 0.25) is 0 Å². The van der Waals surface area contributed by atoms with E-state index in [1.54, 1.807) is 0 Å². The number of benzene rings is 1. The Hall–Kier alpha value is -0.610. The van der Waals surface area contributed by atoms with E-state index in [4.69, 9.17) is 0 Å². The SMILES string of the molecule is Cl.Cl.O=CCC(Cc1ccccc1)N1CCNCC1. The number of hydrogen-bond acceptors (Lipinski definition) is 3. The van der Waals surface area contributed by atoms with Crippen LogP contribution in [0.2, 0.25) is 0 Å². The molecule has 0 aliphatic carbocycles. The quantitative estimate of drug-likeness (QED) is 0.844. The van der Waals surface area contributed by atoms with Crippen molar-refractivity contribution in [1.29, 1.82) is 0 Å². The molecule has 0 spiro atoms. The summed E-state index contributed by atoms with van der Waals surface area (Å²) in [6.07, 6.45) is 2.66. The van der Waals surface area contributed by atoms with Crippen molar-refractivity contribution in [2.24, 2.45) is 0 Å². The molecule has 108 valence electrons. The van der Waals surface area contributed by atoms with Gasteiger partial charge in [0.25, 0.3) is 0 Å². The third-order valence-corrected chi connectivity index (χ3v) is 3.35. The van der Waals surface area contributed by atoms with E-state index in [1.807, 2.05) is 6.07 Å². The van der Waals surface area contributed by atoms with Crippen LogP contribution in [0.3, 0.4) is 0 Å². The van der Waals surface area contributed by atoms with Crippen molar-refractivity contribution in [2.45, 2.75) is 18.9 Å². The number of carbonyl (C=O) groups is 1. The van der Waals surface area contributed by atoms with Gasteiger partial charge in [-0.3, -0.25) is 4.90 Å². The van der Waals surface area contributed by atoms with Gasteiger partial charge in [0, 0.05) is 38.6 Å². The molecule has 5 heteroatoms. The molecule has 1 atom stereocenters. The second kappa shape index (κ2) is 10.2. The van der Waals surface area contributed by atoms with Gasteiger partial charge in [-0.25, -0.2) is 0 Å². The Balaban J connectivity index is 0.00000162. The Morgan fingerprint density at radius 2 is 1.79 bits per heavy atom. The van der Waals surface area contributed by atoms with Crippen molar-refractivity contribution in [1.82, 2.24) is 10.2 Å². The van der Waals surface area contributed by atoms with Gasteiger partial charge in [-0.1, -0.05) is 30.3 Å². The van der Waals surface area contributed by atoms with Gasteiger partial charge < -0.3 is 10.1 Å². The third-order valence-electron chi connectivity index (χ3n) is 3.35.